The molecule has 0 spiro atoms. The zero-order valence-corrected chi connectivity index (χ0v) is 16.8. The molecule has 3 aromatic rings. The number of esters is 1. The Morgan fingerprint density at radius 2 is 2.04 bits per heavy atom. The van der Waals surface area contributed by atoms with Crippen molar-refractivity contribution in [1.29, 1.82) is 0 Å². The maximum absolute atomic E-state index is 12.9. The molecule has 0 atom stereocenters. The Labute approximate surface area is 169 Å². The molecule has 0 fully saturated rings. The van der Waals surface area contributed by atoms with E-state index in [-0.39, 0.29) is 30.4 Å². The third-order valence-corrected chi connectivity index (χ3v) is 6.74. The number of carbonyl (C=O) groups is 1. The van der Waals surface area contributed by atoms with E-state index in [4.69, 9.17) is 4.74 Å². The number of hydrogen-bond donors (Lipinski definition) is 0. The quantitative estimate of drug-likeness (QED) is 0.447. The fourth-order valence-electron chi connectivity index (χ4n) is 3.23. The van der Waals surface area contributed by atoms with Crippen molar-refractivity contribution in [2.75, 3.05) is 5.75 Å². The third-order valence-electron chi connectivity index (χ3n) is 4.58. The summed E-state index contributed by atoms with van der Waals surface area (Å²) in [5, 5.41) is 0. The van der Waals surface area contributed by atoms with Crippen molar-refractivity contribution in [3.05, 3.63) is 62.8 Å². The Balaban J connectivity index is 1.34. The van der Waals surface area contributed by atoms with Gasteiger partial charge in [-0.15, -0.1) is 23.1 Å². The average molecular weight is 419 g/mol. The minimum Gasteiger partial charge on any atom is -0.459 e. The smallest absolute Gasteiger partial charge is 0.307 e. The lowest BCUT2D eigenvalue weighted by molar-refractivity contribution is -0.144. The van der Waals surface area contributed by atoms with Crippen LogP contribution in [0.15, 0.2) is 40.0 Å². The number of aromatic nitrogens is 2. The average Bonchev–Trinajstić information content (AvgIpc) is 3.07. The highest BCUT2D eigenvalue weighted by Gasteiger charge is 2.18. The van der Waals surface area contributed by atoms with Gasteiger partial charge >= 0.3 is 5.97 Å². The number of nitrogens with zero attached hydrogens (tertiary/aromatic N) is 2. The topological polar surface area (TPSA) is 60.7 Å². The van der Waals surface area contributed by atoms with Gasteiger partial charge in [-0.2, -0.15) is 0 Å². The molecule has 8 heteroatoms. The number of benzene rings is 1. The molecule has 4 rings (SSSR count). The Bertz CT molecular complexity index is 1060. The van der Waals surface area contributed by atoms with Crippen molar-refractivity contribution in [1.82, 2.24) is 9.38 Å². The van der Waals surface area contributed by atoms with Crippen LogP contribution in [0.4, 0.5) is 4.39 Å². The Kier molecular flexibility index (Phi) is 5.77. The summed E-state index contributed by atoms with van der Waals surface area (Å²) in [4.78, 5) is 31.8. The number of halogens is 1. The van der Waals surface area contributed by atoms with Gasteiger partial charge in [-0.3, -0.25) is 14.0 Å². The largest absolute Gasteiger partial charge is 0.459 e. The van der Waals surface area contributed by atoms with E-state index < -0.39 is 0 Å². The first-order valence-electron chi connectivity index (χ1n) is 9.17. The first kappa shape index (κ1) is 19.1. The van der Waals surface area contributed by atoms with E-state index in [0.717, 1.165) is 36.3 Å². The lowest BCUT2D eigenvalue weighted by Gasteiger charge is -2.10. The second-order valence-electron chi connectivity index (χ2n) is 6.60. The van der Waals surface area contributed by atoms with Gasteiger partial charge in [0.15, 0.2) is 4.96 Å². The van der Waals surface area contributed by atoms with Gasteiger partial charge in [0.05, 0.1) is 12.1 Å². The molecule has 0 aliphatic heterocycles. The van der Waals surface area contributed by atoms with Gasteiger partial charge in [0.2, 0.25) is 0 Å². The highest BCUT2D eigenvalue weighted by molar-refractivity contribution is 7.99. The molecule has 1 aliphatic rings. The Hall–Kier alpha value is -2.19. The van der Waals surface area contributed by atoms with E-state index in [1.165, 1.54) is 34.8 Å². The zero-order chi connectivity index (χ0) is 19.5. The lowest BCUT2D eigenvalue weighted by atomic mass is 10.0. The summed E-state index contributed by atoms with van der Waals surface area (Å²) < 4.78 is 19.9. The van der Waals surface area contributed by atoms with Crippen molar-refractivity contribution in [3.8, 4) is 0 Å². The maximum Gasteiger partial charge on any atom is 0.307 e. The first-order chi connectivity index (χ1) is 13.6. The molecule has 0 amide bonds. The summed E-state index contributed by atoms with van der Waals surface area (Å²) in [6, 6.07) is 7.60. The standard InChI is InChI=1S/C20H19FN2O3S2/c21-13-5-7-15(8-6-13)27-10-9-19(25)26-12-14-11-18(24)23-16-3-1-2-4-17(16)28-20(23)22-14/h5-8,11H,1-4,9-10,12H2. The number of rotatable bonds is 6. The molecule has 0 unspecified atom stereocenters. The second kappa shape index (κ2) is 8.45. The molecule has 0 radical (unpaired) electrons. The minimum atomic E-state index is -0.345. The predicted molar refractivity (Wildman–Crippen MR) is 108 cm³/mol. The zero-order valence-electron chi connectivity index (χ0n) is 15.2. The normalized spacial score (nSPS) is 13.5. The van der Waals surface area contributed by atoms with Gasteiger partial charge in [-0.05, 0) is 49.9 Å². The minimum absolute atomic E-state index is 0.00560. The molecule has 0 bridgehead atoms. The fraction of sp³-hybridized carbons (Fsp3) is 0.350. The predicted octanol–water partition coefficient (Wildman–Crippen LogP) is 4.00. The molecule has 28 heavy (non-hydrogen) atoms. The summed E-state index contributed by atoms with van der Waals surface area (Å²) in [6.45, 7) is -0.00560. The van der Waals surface area contributed by atoms with E-state index in [2.05, 4.69) is 4.98 Å². The number of hydrogen-bond acceptors (Lipinski definition) is 6. The van der Waals surface area contributed by atoms with E-state index in [1.54, 1.807) is 27.9 Å². The number of carbonyl (C=O) groups excluding carboxylic acids is 1. The molecular formula is C20H19FN2O3S2. The van der Waals surface area contributed by atoms with Crippen molar-refractivity contribution in [2.24, 2.45) is 0 Å². The summed E-state index contributed by atoms with van der Waals surface area (Å²) in [7, 11) is 0. The third kappa shape index (κ3) is 4.28. The highest BCUT2D eigenvalue weighted by atomic mass is 32.2. The first-order valence-corrected chi connectivity index (χ1v) is 11.0. The van der Waals surface area contributed by atoms with Crippen LogP contribution in [0.25, 0.3) is 4.96 Å². The molecule has 2 heterocycles. The van der Waals surface area contributed by atoms with Gasteiger partial charge in [0.1, 0.15) is 12.4 Å². The molecule has 1 aliphatic carbocycles. The molecule has 0 saturated heterocycles. The molecule has 146 valence electrons. The SMILES string of the molecule is O=C(CCSc1ccc(F)cc1)OCc1cc(=O)n2c3c(sc2n1)CCCC3. The molecule has 0 saturated carbocycles. The molecule has 1 aromatic carbocycles. The van der Waals surface area contributed by atoms with Crippen LogP contribution >= 0.6 is 23.1 Å². The number of fused-ring (bicyclic) bond motifs is 3. The number of aryl methyl sites for hydroxylation is 2. The van der Waals surface area contributed by atoms with Gasteiger partial charge in [0, 0.05) is 27.3 Å². The number of thiazole rings is 1. The van der Waals surface area contributed by atoms with Crippen LogP contribution in [0.1, 0.15) is 35.5 Å². The van der Waals surface area contributed by atoms with Crippen molar-refractivity contribution < 1.29 is 13.9 Å². The van der Waals surface area contributed by atoms with E-state index in [1.807, 2.05) is 0 Å². The maximum atomic E-state index is 12.9. The summed E-state index contributed by atoms with van der Waals surface area (Å²) in [6.07, 6.45) is 4.39. The van der Waals surface area contributed by atoms with Gasteiger partial charge in [0.25, 0.3) is 5.56 Å². The molecular weight excluding hydrogens is 399 g/mol. The van der Waals surface area contributed by atoms with Crippen molar-refractivity contribution >= 4 is 34.0 Å². The fourth-order valence-corrected chi connectivity index (χ4v) is 5.29. The van der Waals surface area contributed by atoms with Crippen molar-refractivity contribution in [2.45, 2.75) is 43.6 Å². The number of ether oxygens (including phenoxy) is 1. The van der Waals surface area contributed by atoms with Crippen LogP contribution in [0, 0.1) is 5.82 Å². The van der Waals surface area contributed by atoms with E-state index in [0.29, 0.717) is 16.4 Å². The second-order valence-corrected chi connectivity index (χ2v) is 8.83. The summed E-state index contributed by atoms with van der Waals surface area (Å²) in [5.41, 5.74) is 1.45. The van der Waals surface area contributed by atoms with Crippen LogP contribution in [0.3, 0.4) is 0 Å². The Morgan fingerprint density at radius 1 is 1.25 bits per heavy atom. The van der Waals surface area contributed by atoms with Crippen LogP contribution in [-0.4, -0.2) is 21.1 Å². The lowest BCUT2D eigenvalue weighted by Crippen LogP contribution is -2.18. The van der Waals surface area contributed by atoms with Gasteiger partial charge in [-0.25, -0.2) is 9.37 Å². The van der Waals surface area contributed by atoms with Crippen molar-refractivity contribution in [3.63, 3.8) is 0 Å². The van der Waals surface area contributed by atoms with E-state index >= 15 is 0 Å². The van der Waals surface area contributed by atoms with E-state index in [9.17, 15) is 14.0 Å². The molecule has 5 nitrogen and oxygen atoms in total. The van der Waals surface area contributed by atoms with Gasteiger partial charge in [-0.1, -0.05) is 0 Å². The Morgan fingerprint density at radius 3 is 2.86 bits per heavy atom. The highest BCUT2D eigenvalue weighted by Crippen LogP contribution is 2.28. The molecule has 2 aromatic heterocycles. The van der Waals surface area contributed by atoms with Crippen LogP contribution in [0.5, 0.6) is 0 Å². The van der Waals surface area contributed by atoms with Crippen LogP contribution in [-0.2, 0) is 29.0 Å². The van der Waals surface area contributed by atoms with Crippen LogP contribution in [0.2, 0.25) is 0 Å². The summed E-state index contributed by atoms with van der Waals surface area (Å²) in [5.74, 6) is -0.0881. The molecule has 0 N–H and O–H groups in total. The van der Waals surface area contributed by atoms with Crippen LogP contribution < -0.4 is 5.56 Å². The van der Waals surface area contributed by atoms with Gasteiger partial charge < -0.3 is 4.74 Å². The number of thioether (sulfide) groups is 1. The monoisotopic (exact) mass is 418 g/mol. The summed E-state index contributed by atoms with van der Waals surface area (Å²) >= 11 is 3.02.